The number of halogens is 4. The minimum absolute atomic E-state index is 0.145. The standard InChI is InChI=1S/C20H15ClF3NO2/c1-27-15-5-2-4-13(10-15)12-25-9-8-14(26)11-18(25)16-6-3-7-17(19(16)21)20(22,23)24/h2-11H,12H2,1H3. The number of ether oxygens (including phenoxy) is 1. The number of aromatic nitrogens is 1. The number of alkyl halides is 3. The number of benzene rings is 2. The Balaban J connectivity index is 2.12. The molecule has 0 saturated heterocycles. The molecule has 7 heteroatoms. The Morgan fingerprint density at radius 2 is 1.81 bits per heavy atom. The fourth-order valence-corrected chi connectivity index (χ4v) is 3.13. The van der Waals surface area contributed by atoms with Crippen LogP contribution in [0.4, 0.5) is 13.2 Å². The summed E-state index contributed by atoms with van der Waals surface area (Å²) >= 11 is 6.05. The first-order valence-electron chi connectivity index (χ1n) is 7.99. The van der Waals surface area contributed by atoms with E-state index in [1.807, 2.05) is 18.2 Å². The largest absolute Gasteiger partial charge is 0.497 e. The molecule has 140 valence electrons. The van der Waals surface area contributed by atoms with E-state index < -0.39 is 16.8 Å². The summed E-state index contributed by atoms with van der Waals surface area (Å²) in [6.45, 7) is 0.333. The Morgan fingerprint density at radius 1 is 1.07 bits per heavy atom. The van der Waals surface area contributed by atoms with Crippen LogP contribution in [0.25, 0.3) is 11.3 Å². The van der Waals surface area contributed by atoms with E-state index in [1.54, 1.807) is 17.7 Å². The van der Waals surface area contributed by atoms with Crippen molar-refractivity contribution in [2.24, 2.45) is 0 Å². The van der Waals surface area contributed by atoms with E-state index >= 15 is 0 Å². The van der Waals surface area contributed by atoms with Gasteiger partial charge in [0.05, 0.1) is 23.4 Å². The van der Waals surface area contributed by atoms with E-state index in [1.165, 1.54) is 30.5 Å². The van der Waals surface area contributed by atoms with Crippen LogP contribution in [-0.2, 0) is 12.7 Å². The molecule has 0 amide bonds. The van der Waals surface area contributed by atoms with Crippen molar-refractivity contribution in [3.63, 3.8) is 0 Å². The lowest BCUT2D eigenvalue weighted by Gasteiger charge is -2.17. The maximum Gasteiger partial charge on any atom is 0.417 e. The quantitative estimate of drug-likeness (QED) is 0.606. The van der Waals surface area contributed by atoms with E-state index in [0.717, 1.165) is 11.6 Å². The summed E-state index contributed by atoms with van der Waals surface area (Å²) in [5.41, 5.74) is 0.0575. The molecule has 2 aromatic carbocycles. The Morgan fingerprint density at radius 3 is 2.52 bits per heavy atom. The van der Waals surface area contributed by atoms with Gasteiger partial charge in [-0.3, -0.25) is 4.79 Å². The first kappa shape index (κ1) is 19.0. The zero-order chi connectivity index (χ0) is 19.6. The molecule has 0 aliphatic heterocycles. The van der Waals surface area contributed by atoms with Crippen LogP contribution in [0.5, 0.6) is 5.75 Å². The van der Waals surface area contributed by atoms with Crippen molar-refractivity contribution in [2.45, 2.75) is 12.7 Å². The Bertz CT molecular complexity index is 1030. The molecule has 0 radical (unpaired) electrons. The van der Waals surface area contributed by atoms with Crippen LogP contribution in [0.3, 0.4) is 0 Å². The fourth-order valence-electron chi connectivity index (χ4n) is 2.80. The van der Waals surface area contributed by atoms with E-state index in [-0.39, 0.29) is 11.0 Å². The molecule has 3 rings (SSSR count). The molecular weight excluding hydrogens is 379 g/mol. The van der Waals surface area contributed by atoms with E-state index in [2.05, 4.69) is 0 Å². The van der Waals surface area contributed by atoms with Gasteiger partial charge >= 0.3 is 6.18 Å². The fraction of sp³-hybridized carbons (Fsp3) is 0.150. The second-order valence-corrected chi connectivity index (χ2v) is 6.27. The zero-order valence-electron chi connectivity index (χ0n) is 14.3. The van der Waals surface area contributed by atoms with Gasteiger partial charge in [-0.25, -0.2) is 0 Å². The molecule has 1 aromatic heterocycles. The first-order valence-corrected chi connectivity index (χ1v) is 8.37. The van der Waals surface area contributed by atoms with Gasteiger partial charge in [-0.2, -0.15) is 13.2 Å². The summed E-state index contributed by atoms with van der Waals surface area (Å²) in [7, 11) is 1.55. The number of hydrogen-bond acceptors (Lipinski definition) is 2. The van der Waals surface area contributed by atoms with Crippen molar-refractivity contribution in [2.75, 3.05) is 7.11 Å². The molecule has 0 bridgehead atoms. The third-order valence-corrected chi connectivity index (χ3v) is 4.48. The highest BCUT2D eigenvalue weighted by Crippen LogP contribution is 2.39. The second-order valence-electron chi connectivity index (χ2n) is 5.89. The van der Waals surface area contributed by atoms with Gasteiger partial charge in [0.2, 0.25) is 0 Å². The molecular formula is C20H15ClF3NO2. The highest BCUT2D eigenvalue weighted by Gasteiger charge is 2.34. The van der Waals surface area contributed by atoms with Gasteiger partial charge in [0.15, 0.2) is 5.43 Å². The summed E-state index contributed by atoms with van der Waals surface area (Å²) in [6, 6.07) is 13.6. The number of nitrogens with zero attached hydrogens (tertiary/aromatic N) is 1. The minimum Gasteiger partial charge on any atom is -0.497 e. The third-order valence-electron chi connectivity index (χ3n) is 4.07. The molecule has 0 saturated carbocycles. The van der Waals surface area contributed by atoms with Crippen molar-refractivity contribution >= 4 is 11.6 Å². The van der Waals surface area contributed by atoms with Crippen LogP contribution in [0.1, 0.15) is 11.1 Å². The Kier molecular flexibility index (Phi) is 5.28. The first-order chi connectivity index (χ1) is 12.8. The van der Waals surface area contributed by atoms with Crippen LogP contribution >= 0.6 is 11.6 Å². The molecule has 0 atom stereocenters. The molecule has 0 aliphatic carbocycles. The predicted octanol–water partition coefficient (Wildman–Crippen LogP) is 5.24. The van der Waals surface area contributed by atoms with Crippen molar-refractivity contribution in [1.29, 1.82) is 0 Å². The summed E-state index contributed by atoms with van der Waals surface area (Å²) in [5.74, 6) is 0.659. The molecule has 0 spiro atoms. The van der Waals surface area contributed by atoms with Gasteiger partial charge in [0.25, 0.3) is 0 Å². The van der Waals surface area contributed by atoms with Crippen LogP contribution in [0.2, 0.25) is 5.02 Å². The summed E-state index contributed by atoms with van der Waals surface area (Å²) < 4.78 is 46.4. The number of rotatable bonds is 4. The van der Waals surface area contributed by atoms with Gasteiger partial charge in [0, 0.05) is 30.4 Å². The Hall–Kier alpha value is -2.73. The summed E-state index contributed by atoms with van der Waals surface area (Å²) in [6.07, 6.45) is -3.05. The van der Waals surface area contributed by atoms with E-state index in [4.69, 9.17) is 16.3 Å². The summed E-state index contributed by atoms with van der Waals surface area (Å²) in [4.78, 5) is 11.9. The smallest absolute Gasteiger partial charge is 0.417 e. The van der Waals surface area contributed by atoms with Crippen molar-refractivity contribution in [3.05, 3.63) is 87.2 Å². The lowest BCUT2D eigenvalue weighted by Crippen LogP contribution is -2.11. The predicted molar refractivity (Wildman–Crippen MR) is 98.2 cm³/mol. The average Bonchev–Trinajstić information content (AvgIpc) is 2.63. The SMILES string of the molecule is COc1cccc(Cn2ccc(=O)cc2-c2cccc(C(F)(F)F)c2Cl)c1. The third kappa shape index (κ3) is 4.17. The zero-order valence-corrected chi connectivity index (χ0v) is 15.0. The van der Waals surface area contributed by atoms with Crippen molar-refractivity contribution in [1.82, 2.24) is 4.57 Å². The Labute approximate surface area is 158 Å². The van der Waals surface area contributed by atoms with E-state index in [0.29, 0.717) is 18.0 Å². The second kappa shape index (κ2) is 7.48. The van der Waals surface area contributed by atoms with Crippen LogP contribution in [0, 0.1) is 0 Å². The number of methoxy groups -OCH3 is 1. The van der Waals surface area contributed by atoms with Gasteiger partial charge < -0.3 is 9.30 Å². The van der Waals surface area contributed by atoms with Crippen LogP contribution in [0.15, 0.2) is 65.6 Å². The minimum atomic E-state index is -4.58. The molecule has 3 aromatic rings. The van der Waals surface area contributed by atoms with E-state index in [9.17, 15) is 18.0 Å². The highest BCUT2D eigenvalue weighted by molar-refractivity contribution is 6.34. The van der Waals surface area contributed by atoms with Crippen LogP contribution < -0.4 is 10.2 Å². The summed E-state index contributed by atoms with van der Waals surface area (Å²) in [5, 5.41) is -0.435. The number of pyridine rings is 1. The monoisotopic (exact) mass is 393 g/mol. The van der Waals surface area contributed by atoms with Crippen molar-refractivity contribution < 1.29 is 17.9 Å². The molecule has 0 N–H and O–H groups in total. The van der Waals surface area contributed by atoms with Crippen molar-refractivity contribution in [3.8, 4) is 17.0 Å². The highest BCUT2D eigenvalue weighted by atomic mass is 35.5. The lowest BCUT2D eigenvalue weighted by atomic mass is 10.1. The molecule has 3 nitrogen and oxygen atoms in total. The maximum absolute atomic E-state index is 13.2. The molecule has 0 aliphatic rings. The molecule has 0 fully saturated rings. The van der Waals surface area contributed by atoms with Gasteiger partial charge in [-0.1, -0.05) is 35.9 Å². The molecule has 0 unspecified atom stereocenters. The van der Waals surface area contributed by atoms with Crippen LogP contribution in [-0.4, -0.2) is 11.7 Å². The van der Waals surface area contributed by atoms with Gasteiger partial charge in [-0.05, 0) is 23.8 Å². The maximum atomic E-state index is 13.2. The van der Waals surface area contributed by atoms with Gasteiger partial charge in [-0.15, -0.1) is 0 Å². The topological polar surface area (TPSA) is 31.2 Å². The van der Waals surface area contributed by atoms with Gasteiger partial charge in [0.1, 0.15) is 5.75 Å². The molecule has 27 heavy (non-hydrogen) atoms. The average molecular weight is 394 g/mol. The lowest BCUT2D eigenvalue weighted by molar-refractivity contribution is -0.137. The normalized spacial score (nSPS) is 11.4. The number of hydrogen-bond donors (Lipinski definition) is 0. The molecule has 1 heterocycles.